The number of tetrazole rings is 1. The number of H-pyrrole nitrogens is 1. The number of aromatic nitrogens is 6. The van der Waals surface area contributed by atoms with Crippen LogP contribution in [0.1, 0.15) is 5.56 Å². The number of imidazole rings is 1. The molecule has 0 saturated heterocycles. The van der Waals surface area contributed by atoms with E-state index in [-0.39, 0.29) is 0 Å². The molecule has 5 aromatic rings. The lowest BCUT2D eigenvalue weighted by Gasteiger charge is -2.10. The molecule has 0 spiro atoms. The second kappa shape index (κ2) is 7.52. The highest BCUT2D eigenvalue weighted by Gasteiger charge is 2.12. The third-order valence-electron chi connectivity index (χ3n) is 4.92. The van der Waals surface area contributed by atoms with Gasteiger partial charge in [-0.25, -0.2) is 4.98 Å². The van der Waals surface area contributed by atoms with Crippen LogP contribution in [-0.2, 0) is 6.54 Å². The highest BCUT2D eigenvalue weighted by Crippen LogP contribution is 2.30. The Labute approximate surface area is 172 Å². The molecule has 29 heavy (non-hydrogen) atoms. The molecule has 7 heteroatoms. The SMILES string of the molecule is CSc1nc2ccccc2n1Cc1ccc(-c2ccccc2-c2nn[nH]n2)cc1. The van der Waals surface area contributed by atoms with Crippen LogP contribution in [0.5, 0.6) is 0 Å². The molecule has 0 aliphatic carbocycles. The molecule has 6 nitrogen and oxygen atoms in total. The Kier molecular flexibility index (Phi) is 4.57. The van der Waals surface area contributed by atoms with E-state index < -0.39 is 0 Å². The van der Waals surface area contributed by atoms with E-state index in [4.69, 9.17) is 4.98 Å². The molecule has 0 fully saturated rings. The normalized spacial score (nSPS) is 11.2. The summed E-state index contributed by atoms with van der Waals surface area (Å²) in [4.78, 5) is 4.74. The Balaban J connectivity index is 1.49. The van der Waals surface area contributed by atoms with Gasteiger partial charge in [-0.1, -0.05) is 72.4 Å². The molecule has 0 saturated carbocycles. The van der Waals surface area contributed by atoms with Crippen molar-refractivity contribution in [2.75, 3.05) is 6.26 Å². The molecule has 2 aromatic heterocycles. The predicted molar refractivity (Wildman–Crippen MR) is 116 cm³/mol. The van der Waals surface area contributed by atoms with Gasteiger partial charge in [0.05, 0.1) is 17.6 Å². The second-order valence-corrected chi connectivity index (χ2v) is 7.42. The van der Waals surface area contributed by atoms with E-state index in [0.717, 1.165) is 39.4 Å². The first kappa shape index (κ1) is 17.6. The average Bonchev–Trinajstić information content (AvgIpc) is 3.43. The summed E-state index contributed by atoms with van der Waals surface area (Å²) in [6.07, 6.45) is 2.07. The number of aromatic amines is 1. The van der Waals surface area contributed by atoms with E-state index in [1.807, 2.05) is 24.3 Å². The minimum absolute atomic E-state index is 0.596. The van der Waals surface area contributed by atoms with Crippen LogP contribution in [0, 0.1) is 0 Å². The molecule has 1 N–H and O–H groups in total. The molecule has 0 aliphatic rings. The molecule has 142 valence electrons. The Morgan fingerprint density at radius 3 is 2.41 bits per heavy atom. The number of rotatable bonds is 5. The zero-order valence-electron chi connectivity index (χ0n) is 15.8. The fourth-order valence-electron chi connectivity index (χ4n) is 3.54. The molecular weight excluding hydrogens is 380 g/mol. The molecule has 0 aliphatic heterocycles. The van der Waals surface area contributed by atoms with Gasteiger partial charge in [-0.15, -0.1) is 10.2 Å². The van der Waals surface area contributed by atoms with Crippen LogP contribution in [0.4, 0.5) is 0 Å². The predicted octanol–water partition coefficient (Wildman–Crippen LogP) is 4.65. The van der Waals surface area contributed by atoms with Gasteiger partial charge in [-0.2, -0.15) is 5.21 Å². The minimum atomic E-state index is 0.596. The monoisotopic (exact) mass is 398 g/mol. The largest absolute Gasteiger partial charge is 0.314 e. The lowest BCUT2D eigenvalue weighted by molar-refractivity contribution is 0.732. The van der Waals surface area contributed by atoms with Crippen LogP contribution in [0.15, 0.2) is 78.0 Å². The van der Waals surface area contributed by atoms with E-state index in [0.29, 0.717) is 5.82 Å². The maximum Gasteiger partial charge on any atom is 0.205 e. The van der Waals surface area contributed by atoms with Gasteiger partial charge in [0.15, 0.2) is 5.16 Å². The summed E-state index contributed by atoms with van der Waals surface area (Å²) in [5, 5.41) is 15.5. The maximum absolute atomic E-state index is 4.74. The van der Waals surface area contributed by atoms with Crippen molar-refractivity contribution in [3.05, 3.63) is 78.4 Å². The number of hydrogen-bond acceptors (Lipinski definition) is 5. The van der Waals surface area contributed by atoms with Crippen molar-refractivity contribution in [3.8, 4) is 22.5 Å². The fourth-order valence-corrected chi connectivity index (χ4v) is 4.11. The average molecular weight is 398 g/mol. The second-order valence-electron chi connectivity index (χ2n) is 6.65. The number of para-hydroxylation sites is 2. The highest BCUT2D eigenvalue weighted by molar-refractivity contribution is 7.98. The summed E-state index contributed by atoms with van der Waals surface area (Å²) in [5.74, 6) is 0.596. The zero-order valence-corrected chi connectivity index (χ0v) is 16.6. The summed E-state index contributed by atoms with van der Waals surface area (Å²) in [7, 11) is 0. The third-order valence-corrected chi connectivity index (χ3v) is 5.60. The summed E-state index contributed by atoms with van der Waals surface area (Å²) in [5.41, 5.74) is 6.57. The van der Waals surface area contributed by atoms with Gasteiger partial charge in [-0.3, -0.25) is 0 Å². The van der Waals surface area contributed by atoms with Crippen molar-refractivity contribution in [2.24, 2.45) is 0 Å². The molecule has 0 radical (unpaired) electrons. The topological polar surface area (TPSA) is 72.3 Å². The van der Waals surface area contributed by atoms with Crippen LogP contribution in [0.3, 0.4) is 0 Å². The van der Waals surface area contributed by atoms with Gasteiger partial charge in [0, 0.05) is 5.56 Å². The molecule has 5 rings (SSSR count). The van der Waals surface area contributed by atoms with Gasteiger partial charge in [0.25, 0.3) is 0 Å². The molecule has 0 unspecified atom stereocenters. The van der Waals surface area contributed by atoms with Gasteiger partial charge in [0.1, 0.15) is 0 Å². The first-order valence-corrected chi connectivity index (χ1v) is 10.5. The lowest BCUT2D eigenvalue weighted by atomic mass is 9.98. The number of thioether (sulfide) groups is 1. The summed E-state index contributed by atoms with van der Waals surface area (Å²) >= 11 is 1.67. The van der Waals surface area contributed by atoms with E-state index in [1.54, 1.807) is 11.8 Å². The third kappa shape index (κ3) is 3.30. The van der Waals surface area contributed by atoms with E-state index in [9.17, 15) is 0 Å². The molecule has 3 aromatic carbocycles. The van der Waals surface area contributed by atoms with Crippen molar-refractivity contribution in [1.82, 2.24) is 30.2 Å². The van der Waals surface area contributed by atoms with E-state index >= 15 is 0 Å². The molecule has 0 atom stereocenters. The highest BCUT2D eigenvalue weighted by atomic mass is 32.2. The summed E-state index contributed by atoms with van der Waals surface area (Å²) < 4.78 is 2.27. The maximum atomic E-state index is 4.74. The van der Waals surface area contributed by atoms with Gasteiger partial charge < -0.3 is 4.57 Å². The number of hydrogen-bond donors (Lipinski definition) is 1. The Morgan fingerprint density at radius 1 is 0.897 bits per heavy atom. The Bertz CT molecular complexity index is 1260. The van der Waals surface area contributed by atoms with Crippen molar-refractivity contribution in [2.45, 2.75) is 11.7 Å². The van der Waals surface area contributed by atoms with Crippen LogP contribution >= 0.6 is 11.8 Å². The lowest BCUT2D eigenvalue weighted by Crippen LogP contribution is -2.01. The van der Waals surface area contributed by atoms with E-state index in [1.165, 1.54) is 5.56 Å². The molecule has 0 amide bonds. The van der Waals surface area contributed by atoms with Crippen molar-refractivity contribution in [1.29, 1.82) is 0 Å². The van der Waals surface area contributed by atoms with Crippen molar-refractivity contribution in [3.63, 3.8) is 0 Å². The standard InChI is InChI=1S/C22H18N6S/c1-29-22-23-19-8-4-5-9-20(19)28(22)14-15-10-12-16(13-11-15)17-6-2-3-7-18(17)21-24-26-27-25-21/h2-13H,14H2,1H3,(H,24,25,26,27). The Morgan fingerprint density at radius 2 is 1.66 bits per heavy atom. The summed E-state index contributed by atoms with van der Waals surface area (Å²) in [6.45, 7) is 0.781. The van der Waals surface area contributed by atoms with Crippen LogP contribution < -0.4 is 0 Å². The van der Waals surface area contributed by atoms with Crippen LogP contribution in [0.2, 0.25) is 0 Å². The number of nitrogens with one attached hydrogen (secondary N) is 1. The number of nitrogens with zero attached hydrogens (tertiary/aromatic N) is 5. The van der Waals surface area contributed by atoms with Gasteiger partial charge in [0.2, 0.25) is 5.82 Å². The Hall–Kier alpha value is -3.45. The quantitative estimate of drug-likeness (QED) is 0.436. The fraction of sp³-hybridized carbons (Fsp3) is 0.0909. The number of benzene rings is 3. The van der Waals surface area contributed by atoms with Gasteiger partial charge in [-0.05, 0) is 40.3 Å². The first-order valence-electron chi connectivity index (χ1n) is 9.25. The van der Waals surface area contributed by atoms with Crippen LogP contribution in [-0.4, -0.2) is 36.4 Å². The summed E-state index contributed by atoms with van der Waals surface area (Å²) in [6, 6.07) is 25.0. The minimum Gasteiger partial charge on any atom is -0.314 e. The molecular formula is C22H18N6S. The smallest absolute Gasteiger partial charge is 0.205 e. The van der Waals surface area contributed by atoms with Crippen molar-refractivity contribution < 1.29 is 0 Å². The van der Waals surface area contributed by atoms with Gasteiger partial charge >= 0.3 is 0 Å². The zero-order chi connectivity index (χ0) is 19.6. The first-order chi connectivity index (χ1) is 14.3. The molecule has 0 bridgehead atoms. The molecule has 2 heterocycles. The number of fused-ring (bicyclic) bond motifs is 1. The van der Waals surface area contributed by atoms with Crippen LogP contribution in [0.25, 0.3) is 33.5 Å². The van der Waals surface area contributed by atoms with E-state index in [2.05, 4.69) is 80.0 Å². The van der Waals surface area contributed by atoms with Crippen molar-refractivity contribution >= 4 is 22.8 Å².